The van der Waals surface area contributed by atoms with Crippen LogP contribution in [0.2, 0.25) is 0 Å². The van der Waals surface area contributed by atoms with Gasteiger partial charge in [-0.1, -0.05) is 12.1 Å². The average Bonchev–Trinajstić information content (AvgIpc) is 3.23. The predicted molar refractivity (Wildman–Crippen MR) is 120 cm³/mol. The maximum Gasteiger partial charge on any atom is 0.408 e. The number of alkyl carbamates (subject to hydrolysis) is 1. The molecule has 0 saturated heterocycles. The highest BCUT2D eigenvalue weighted by Crippen LogP contribution is 2.30. The lowest BCUT2D eigenvalue weighted by Crippen LogP contribution is -2.44. The van der Waals surface area contributed by atoms with Crippen LogP contribution < -0.4 is 15.4 Å². The zero-order valence-electron chi connectivity index (χ0n) is 18.8. The molecule has 2 atom stereocenters. The molecule has 1 aromatic heterocycles. The number of aromatic amines is 1. The minimum absolute atomic E-state index is 0.160. The number of imidazole rings is 1. The lowest BCUT2D eigenvalue weighted by molar-refractivity contribution is -0.139. The van der Waals surface area contributed by atoms with Gasteiger partial charge in [0.15, 0.2) is 5.95 Å². The maximum absolute atomic E-state index is 12.0. The van der Waals surface area contributed by atoms with Crippen molar-refractivity contribution in [3.63, 3.8) is 0 Å². The van der Waals surface area contributed by atoms with Gasteiger partial charge in [0.05, 0.1) is 6.10 Å². The van der Waals surface area contributed by atoms with E-state index in [1.807, 2.05) is 18.2 Å². The molecule has 174 valence electrons. The zero-order chi connectivity index (χ0) is 23.1. The first-order valence-electron chi connectivity index (χ1n) is 10.9. The number of nitrogens with one attached hydrogen (secondary N) is 3. The molecular weight excluding hydrogens is 412 g/mol. The highest BCUT2D eigenvalue weighted by atomic mass is 16.6. The number of carboxylic acid groups (broad SMARTS) is 1. The van der Waals surface area contributed by atoms with Gasteiger partial charge < -0.3 is 30.2 Å². The van der Waals surface area contributed by atoms with Crippen molar-refractivity contribution in [1.82, 2.24) is 15.3 Å². The Hall–Kier alpha value is -3.23. The van der Waals surface area contributed by atoms with E-state index in [4.69, 9.17) is 9.47 Å². The maximum atomic E-state index is 12.0. The SMILES string of the molecule is CC(C)(C)OC(=O)NC(Cc1ccc2c(c1)CCC(CCCNc1ncc[nH]1)O2)C(=O)O. The number of nitrogens with zero attached hydrogens (tertiary/aromatic N) is 1. The van der Waals surface area contributed by atoms with E-state index >= 15 is 0 Å². The van der Waals surface area contributed by atoms with E-state index in [9.17, 15) is 14.7 Å². The van der Waals surface area contributed by atoms with Gasteiger partial charge in [0.1, 0.15) is 17.4 Å². The summed E-state index contributed by atoms with van der Waals surface area (Å²) in [6, 6.07) is 4.65. The van der Waals surface area contributed by atoms with Gasteiger partial charge in [-0.15, -0.1) is 0 Å². The molecule has 3 rings (SSSR count). The van der Waals surface area contributed by atoms with Crippen molar-refractivity contribution < 1.29 is 24.2 Å². The predicted octanol–water partition coefficient (Wildman–Crippen LogP) is 3.52. The van der Waals surface area contributed by atoms with Crippen molar-refractivity contribution in [1.29, 1.82) is 0 Å². The Labute approximate surface area is 187 Å². The number of hydrogen-bond donors (Lipinski definition) is 4. The van der Waals surface area contributed by atoms with E-state index in [-0.39, 0.29) is 12.5 Å². The smallest absolute Gasteiger partial charge is 0.408 e. The van der Waals surface area contributed by atoms with Crippen molar-refractivity contribution in [2.45, 2.75) is 70.6 Å². The summed E-state index contributed by atoms with van der Waals surface area (Å²) >= 11 is 0. The van der Waals surface area contributed by atoms with Crippen LogP contribution in [0.4, 0.5) is 10.7 Å². The van der Waals surface area contributed by atoms with E-state index in [0.717, 1.165) is 55.1 Å². The van der Waals surface area contributed by atoms with E-state index in [1.54, 1.807) is 33.2 Å². The highest BCUT2D eigenvalue weighted by Gasteiger charge is 2.25. The lowest BCUT2D eigenvalue weighted by Gasteiger charge is -2.27. The number of fused-ring (bicyclic) bond motifs is 1. The van der Waals surface area contributed by atoms with E-state index in [1.165, 1.54) is 0 Å². The van der Waals surface area contributed by atoms with Crippen LogP contribution in [0.15, 0.2) is 30.6 Å². The molecule has 2 unspecified atom stereocenters. The summed E-state index contributed by atoms with van der Waals surface area (Å²) in [4.78, 5) is 30.8. The number of carbonyl (C=O) groups is 2. The van der Waals surface area contributed by atoms with Crippen molar-refractivity contribution in [3.05, 3.63) is 41.7 Å². The largest absolute Gasteiger partial charge is 0.490 e. The van der Waals surface area contributed by atoms with Crippen LogP contribution in [0.3, 0.4) is 0 Å². The number of amides is 1. The van der Waals surface area contributed by atoms with Gasteiger partial charge >= 0.3 is 12.1 Å². The molecular formula is C23H32N4O5. The Morgan fingerprint density at radius 2 is 2.19 bits per heavy atom. The molecule has 1 aliphatic rings. The number of aryl methyl sites for hydroxylation is 1. The van der Waals surface area contributed by atoms with Crippen molar-refractivity contribution in [3.8, 4) is 5.75 Å². The molecule has 9 heteroatoms. The van der Waals surface area contributed by atoms with Gasteiger partial charge in [0.25, 0.3) is 0 Å². The molecule has 2 heterocycles. The molecule has 9 nitrogen and oxygen atoms in total. The normalized spacial score (nSPS) is 16.4. The number of carboxylic acids is 1. The number of ether oxygens (including phenoxy) is 2. The number of hydrogen-bond acceptors (Lipinski definition) is 6. The van der Waals surface area contributed by atoms with E-state index in [0.29, 0.717) is 0 Å². The first-order valence-corrected chi connectivity index (χ1v) is 10.9. The summed E-state index contributed by atoms with van der Waals surface area (Å²) in [7, 11) is 0. The first kappa shape index (κ1) is 23.4. The van der Waals surface area contributed by atoms with Crippen LogP contribution in [-0.2, 0) is 22.4 Å². The van der Waals surface area contributed by atoms with Gasteiger partial charge in [0.2, 0.25) is 0 Å². The summed E-state index contributed by atoms with van der Waals surface area (Å²) in [5.41, 5.74) is 1.20. The van der Waals surface area contributed by atoms with Gasteiger partial charge in [-0.2, -0.15) is 0 Å². The Morgan fingerprint density at radius 1 is 1.38 bits per heavy atom. The third-order valence-corrected chi connectivity index (χ3v) is 5.08. The molecule has 2 aromatic rings. The van der Waals surface area contributed by atoms with Crippen molar-refractivity contribution in [2.24, 2.45) is 0 Å². The van der Waals surface area contributed by atoms with Gasteiger partial charge in [-0.05, 0) is 63.6 Å². The number of carbonyl (C=O) groups excluding carboxylic acids is 1. The third kappa shape index (κ3) is 7.18. The van der Waals surface area contributed by atoms with Crippen molar-refractivity contribution >= 4 is 18.0 Å². The molecule has 0 aliphatic carbocycles. The fourth-order valence-corrected chi connectivity index (χ4v) is 3.61. The van der Waals surface area contributed by atoms with Crippen LogP contribution in [0.25, 0.3) is 0 Å². The molecule has 4 N–H and O–H groups in total. The van der Waals surface area contributed by atoms with Crippen LogP contribution in [0, 0.1) is 0 Å². The summed E-state index contributed by atoms with van der Waals surface area (Å²) < 4.78 is 11.3. The molecule has 0 saturated carbocycles. The van der Waals surface area contributed by atoms with Crippen LogP contribution >= 0.6 is 0 Å². The van der Waals surface area contributed by atoms with E-state index in [2.05, 4.69) is 20.6 Å². The number of aliphatic carboxylic acids is 1. The summed E-state index contributed by atoms with van der Waals surface area (Å²) in [5, 5.41) is 15.2. The summed E-state index contributed by atoms with van der Waals surface area (Å²) in [6.07, 6.45) is 6.78. The van der Waals surface area contributed by atoms with Gasteiger partial charge in [-0.25, -0.2) is 14.6 Å². The second-order valence-corrected chi connectivity index (χ2v) is 8.97. The Kier molecular flexibility index (Phi) is 7.61. The molecule has 0 spiro atoms. The average molecular weight is 445 g/mol. The molecule has 1 aliphatic heterocycles. The second-order valence-electron chi connectivity index (χ2n) is 8.97. The van der Waals surface area contributed by atoms with Crippen LogP contribution in [0.1, 0.15) is 51.2 Å². The molecule has 0 fully saturated rings. The Morgan fingerprint density at radius 3 is 2.88 bits per heavy atom. The number of benzene rings is 1. The minimum Gasteiger partial charge on any atom is -0.490 e. The molecule has 1 aromatic carbocycles. The molecule has 0 bridgehead atoms. The number of H-pyrrole nitrogens is 1. The quantitative estimate of drug-likeness (QED) is 0.436. The summed E-state index contributed by atoms with van der Waals surface area (Å²) in [5.74, 6) is 0.511. The number of rotatable bonds is 9. The van der Waals surface area contributed by atoms with Crippen LogP contribution in [0.5, 0.6) is 5.75 Å². The third-order valence-electron chi connectivity index (χ3n) is 5.08. The lowest BCUT2D eigenvalue weighted by atomic mass is 9.96. The van der Waals surface area contributed by atoms with Gasteiger partial charge in [0, 0.05) is 25.4 Å². The topological polar surface area (TPSA) is 126 Å². The first-order chi connectivity index (χ1) is 15.2. The van der Waals surface area contributed by atoms with Crippen LogP contribution in [-0.4, -0.2) is 51.4 Å². The van der Waals surface area contributed by atoms with Crippen molar-refractivity contribution in [2.75, 3.05) is 11.9 Å². The molecule has 1 amide bonds. The monoisotopic (exact) mass is 444 g/mol. The highest BCUT2D eigenvalue weighted by molar-refractivity contribution is 5.80. The second kappa shape index (κ2) is 10.4. The van der Waals surface area contributed by atoms with Gasteiger partial charge in [-0.3, -0.25) is 0 Å². The number of anilines is 1. The number of aromatic nitrogens is 2. The summed E-state index contributed by atoms with van der Waals surface area (Å²) in [6.45, 7) is 6.01. The molecule has 32 heavy (non-hydrogen) atoms. The minimum atomic E-state index is -1.10. The fraction of sp³-hybridized carbons (Fsp3) is 0.522. The fourth-order valence-electron chi connectivity index (χ4n) is 3.61. The molecule has 0 radical (unpaired) electrons. The Balaban J connectivity index is 1.50. The Bertz CT molecular complexity index is 908. The van der Waals surface area contributed by atoms with E-state index < -0.39 is 23.7 Å². The zero-order valence-corrected chi connectivity index (χ0v) is 18.8. The standard InChI is InChI=1S/C23H32N4O5/c1-23(2,3)32-22(30)27-18(20(28)29)14-15-6-9-19-16(13-15)7-8-17(31-19)5-4-10-24-21-25-11-12-26-21/h6,9,11-13,17-18H,4-5,7-8,10,14H2,1-3H3,(H,27,30)(H,28,29)(H2,24,25,26).